The van der Waals surface area contributed by atoms with Crippen molar-refractivity contribution in [1.29, 1.82) is 0 Å². The fraction of sp³-hybridized carbons (Fsp3) is 0.625. The van der Waals surface area contributed by atoms with Gasteiger partial charge in [-0.15, -0.1) is 0 Å². The molecule has 20 heavy (non-hydrogen) atoms. The maximum Gasteiger partial charge on any atom is 0.133 e. The summed E-state index contributed by atoms with van der Waals surface area (Å²) >= 11 is 3.58. The number of nitrogens with zero attached hydrogens (tertiary/aromatic N) is 1. The van der Waals surface area contributed by atoms with Crippen molar-refractivity contribution in [2.45, 2.75) is 25.9 Å². The smallest absolute Gasteiger partial charge is 0.133 e. The second kappa shape index (κ2) is 6.04. The molecule has 1 aromatic carbocycles. The van der Waals surface area contributed by atoms with Crippen LogP contribution in [0.2, 0.25) is 0 Å². The molecule has 2 aliphatic rings. The van der Waals surface area contributed by atoms with Gasteiger partial charge in [-0.3, -0.25) is 4.90 Å². The molecule has 3 atom stereocenters. The summed E-state index contributed by atoms with van der Waals surface area (Å²) in [6.45, 7) is 7.01. The van der Waals surface area contributed by atoms with Crippen LogP contribution in [0.25, 0.3) is 0 Å². The zero-order chi connectivity index (χ0) is 14.1. The summed E-state index contributed by atoms with van der Waals surface area (Å²) in [4.78, 5) is 2.67. The van der Waals surface area contributed by atoms with Gasteiger partial charge < -0.3 is 10.1 Å². The standard InChI is InChI=1S/C16H23BrN2O/c1-3-15-13-8-18-7-12(13)10-19(15)9-11-4-5-16(20-2)14(17)6-11/h4-6,12-13,15,18H,3,7-10H2,1-2H3. The van der Waals surface area contributed by atoms with Crippen molar-refractivity contribution in [3.63, 3.8) is 0 Å². The van der Waals surface area contributed by atoms with Crippen molar-refractivity contribution in [3.05, 3.63) is 28.2 Å². The number of hydrogen-bond donors (Lipinski definition) is 1. The third-order valence-corrected chi connectivity index (χ3v) is 5.46. The molecule has 0 saturated carbocycles. The van der Waals surface area contributed by atoms with E-state index in [0.29, 0.717) is 0 Å². The first kappa shape index (κ1) is 14.4. The van der Waals surface area contributed by atoms with Crippen molar-refractivity contribution in [1.82, 2.24) is 10.2 Å². The third kappa shape index (κ3) is 2.61. The molecule has 3 nitrogen and oxygen atoms in total. The van der Waals surface area contributed by atoms with Crippen LogP contribution in [-0.2, 0) is 6.54 Å². The number of methoxy groups -OCH3 is 1. The van der Waals surface area contributed by atoms with Gasteiger partial charge in [0.1, 0.15) is 5.75 Å². The monoisotopic (exact) mass is 338 g/mol. The van der Waals surface area contributed by atoms with Crippen LogP contribution >= 0.6 is 15.9 Å². The zero-order valence-electron chi connectivity index (χ0n) is 12.2. The highest BCUT2D eigenvalue weighted by molar-refractivity contribution is 9.10. The predicted molar refractivity (Wildman–Crippen MR) is 85.0 cm³/mol. The summed E-state index contributed by atoms with van der Waals surface area (Å²) < 4.78 is 6.35. The minimum Gasteiger partial charge on any atom is -0.496 e. The number of likely N-dealkylation sites (tertiary alicyclic amines) is 1. The van der Waals surface area contributed by atoms with Crippen LogP contribution in [0.15, 0.2) is 22.7 Å². The molecule has 4 heteroatoms. The lowest BCUT2D eigenvalue weighted by Crippen LogP contribution is -2.34. The van der Waals surface area contributed by atoms with Crippen LogP contribution < -0.4 is 10.1 Å². The van der Waals surface area contributed by atoms with E-state index in [4.69, 9.17) is 4.74 Å². The number of ether oxygens (including phenoxy) is 1. The summed E-state index contributed by atoms with van der Waals surface area (Å²) in [5, 5.41) is 3.55. The van der Waals surface area contributed by atoms with Crippen molar-refractivity contribution >= 4 is 15.9 Å². The van der Waals surface area contributed by atoms with Crippen LogP contribution in [0.4, 0.5) is 0 Å². The fourth-order valence-electron chi connectivity index (χ4n) is 3.90. The Morgan fingerprint density at radius 2 is 2.25 bits per heavy atom. The minimum absolute atomic E-state index is 0.732. The highest BCUT2D eigenvalue weighted by atomic mass is 79.9. The number of benzene rings is 1. The van der Waals surface area contributed by atoms with Crippen LogP contribution in [0.1, 0.15) is 18.9 Å². The van der Waals surface area contributed by atoms with E-state index in [1.54, 1.807) is 7.11 Å². The molecule has 2 fully saturated rings. The van der Waals surface area contributed by atoms with Crippen LogP contribution in [-0.4, -0.2) is 37.7 Å². The van der Waals surface area contributed by atoms with E-state index >= 15 is 0 Å². The van der Waals surface area contributed by atoms with Crippen LogP contribution in [0.5, 0.6) is 5.75 Å². The lowest BCUT2D eigenvalue weighted by molar-refractivity contribution is 0.210. The number of nitrogens with one attached hydrogen (secondary N) is 1. The summed E-state index contributed by atoms with van der Waals surface area (Å²) in [6.07, 6.45) is 1.25. The number of rotatable bonds is 4. The van der Waals surface area contributed by atoms with Crippen LogP contribution in [0.3, 0.4) is 0 Å². The Balaban J connectivity index is 1.72. The molecule has 2 saturated heterocycles. The fourth-order valence-corrected chi connectivity index (χ4v) is 4.48. The predicted octanol–water partition coefficient (Wildman–Crippen LogP) is 2.89. The third-order valence-electron chi connectivity index (χ3n) is 4.84. The lowest BCUT2D eigenvalue weighted by Gasteiger charge is -2.27. The lowest BCUT2D eigenvalue weighted by atomic mass is 9.93. The first-order valence-electron chi connectivity index (χ1n) is 7.50. The van der Waals surface area contributed by atoms with E-state index in [2.05, 4.69) is 51.3 Å². The summed E-state index contributed by atoms with van der Waals surface area (Å²) in [7, 11) is 1.71. The first-order valence-corrected chi connectivity index (χ1v) is 8.29. The van der Waals surface area contributed by atoms with E-state index in [-0.39, 0.29) is 0 Å². The topological polar surface area (TPSA) is 24.5 Å². The van der Waals surface area contributed by atoms with Gasteiger partial charge in [-0.05, 0) is 65.0 Å². The molecule has 2 heterocycles. The van der Waals surface area contributed by atoms with Crippen molar-refractivity contribution in [3.8, 4) is 5.75 Å². The van der Waals surface area contributed by atoms with Gasteiger partial charge in [-0.25, -0.2) is 0 Å². The maximum absolute atomic E-state index is 5.30. The molecule has 2 aliphatic heterocycles. The quantitative estimate of drug-likeness (QED) is 0.913. The van der Waals surface area contributed by atoms with Gasteiger partial charge in [0.25, 0.3) is 0 Å². The van der Waals surface area contributed by atoms with Crippen molar-refractivity contribution in [2.24, 2.45) is 11.8 Å². The average molecular weight is 339 g/mol. The maximum atomic E-state index is 5.30. The molecular formula is C16H23BrN2O. The largest absolute Gasteiger partial charge is 0.496 e. The minimum atomic E-state index is 0.732. The Morgan fingerprint density at radius 3 is 2.95 bits per heavy atom. The normalized spacial score (nSPS) is 29.6. The molecule has 3 rings (SSSR count). The van der Waals surface area contributed by atoms with Gasteiger partial charge in [0.15, 0.2) is 0 Å². The Hall–Kier alpha value is -0.580. The van der Waals surface area contributed by atoms with Crippen molar-refractivity contribution in [2.75, 3.05) is 26.7 Å². The summed E-state index contributed by atoms with van der Waals surface area (Å²) in [5.41, 5.74) is 1.36. The Kier molecular flexibility index (Phi) is 4.34. The van der Waals surface area contributed by atoms with E-state index < -0.39 is 0 Å². The Labute approximate surface area is 129 Å². The molecule has 0 aliphatic carbocycles. The molecule has 0 bridgehead atoms. The molecule has 0 radical (unpaired) electrons. The number of halogens is 1. The van der Waals surface area contributed by atoms with E-state index in [0.717, 1.165) is 34.6 Å². The van der Waals surface area contributed by atoms with Crippen LogP contribution in [0, 0.1) is 11.8 Å². The molecular weight excluding hydrogens is 316 g/mol. The molecule has 0 spiro atoms. The molecule has 3 unspecified atom stereocenters. The van der Waals surface area contributed by atoms with E-state index in [1.807, 2.05) is 0 Å². The highest BCUT2D eigenvalue weighted by Crippen LogP contribution is 2.35. The van der Waals surface area contributed by atoms with Gasteiger partial charge >= 0.3 is 0 Å². The van der Waals surface area contributed by atoms with Gasteiger partial charge in [0, 0.05) is 19.1 Å². The summed E-state index contributed by atoms with van der Waals surface area (Å²) in [6, 6.07) is 7.16. The summed E-state index contributed by atoms with van der Waals surface area (Å²) in [5.74, 6) is 2.60. The first-order chi connectivity index (χ1) is 9.72. The average Bonchev–Trinajstić information content (AvgIpc) is 2.99. The van der Waals surface area contributed by atoms with Gasteiger partial charge in [-0.1, -0.05) is 13.0 Å². The Morgan fingerprint density at radius 1 is 1.40 bits per heavy atom. The highest BCUT2D eigenvalue weighted by Gasteiger charge is 2.42. The second-order valence-electron chi connectivity index (χ2n) is 5.96. The van der Waals surface area contributed by atoms with E-state index in [9.17, 15) is 0 Å². The van der Waals surface area contributed by atoms with Gasteiger partial charge in [0.05, 0.1) is 11.6 Å². The number of fused-ring (bicyclic) bond motifs is 1. The van der Waals surface area contributed by atoms with Crippen molar-refractivity contribution < 1.29 is 4.74 Å². The van der Waals surface area contributed by atoms with Gasteiger partial charge in [-0.2, -0.15) is 0 Å². The molecule has 1 N–H and O–H groups in total. The molecule has 0 amide bonds. The Bertz CT molecular complexity index is 480. The second-order valence-corrected chi connectivity index (χ2v) is 6.81. The van der Waals surface area contributed by atoms with Gasteiger partial charge in [0.2, 0.25) is 0 Å². The molecule has 1 aromatic rings. The number of hydrogen-bond acceptors (Lipinski definition) is 3. The molecule has 0 aromatic heterocycles. The zero-order valence-corrected chi connectivity index (χ0v) is 13.8. The molecule has 110 valence electrons. The SMILES string of the molecule is CCC1C2CNCC2CN1Cc1ccc(OC)c(Br)c1. The van der Waals surface area contributed by atoms with E-state index in [1.165, 1.54) is 31.6 Å².